The Labute approximate surface area is 107 Å². The number of fused-ring (bicyclic) bond motifs is 2. The Morgan fingerprint density at radius 1 is 1.47 bits per heavy atom. The highest BCUT2D eigenvalue weighted by Gasteiger charge is 2.39. The van der Waals surface area contributed by atoms with Gasteiger partial charge in [0.25, 0.3) is 0 Å². The monoisotopic (exact) mass is 252 g/mol. The number of hydrogen-bond donors (Lipinski definition) is 1. The lowest BCUT2D eigenvalue weighted by Gasteiger charge is -2.20. The summed E-state index contributed by atoms with van der Waals surface area (Å²) in [6.45, 7) is 0.0815. The normalized spacial score (nSPS) is 31.3. The molecule has 94 valence electrons. The number of hydrogen-bond acceptors (Lipinski definition) is 3. The fourth-order valence-electron chi connectivity index (χ4n) is 3.47. The minimum atomic E-state index is 0.0815. The van der Waals surface area contributed by atoms with E-state index in [0.29, 0.717) is 0 Å². The molecule has 3 unspecified atom stereocenters. The molecule has 0 radical (unpaired) electrons. The third kappa shape index (κ3) is 2.13. The van der Waals surface area contributed by atoms with Crippen molar-refractivity contribution in [2.75, 3.05) is 5.75 Å². The first-order valence-corrected chi connectivity index (χ1v) is 7.50. The zero-order chi connectivity index (χ0) is 11.8. The second-order valence-electron chi connectivity index (χ2n) is 5.50. The summed E-state index contributed by atoms with van der Waals surface area (Å²) in [6.07, 6.45) is 7.63. The predicted molar refractivity (Wildman–Crippen MR) is 68.8 cm³/mol. The summed E-state index contributed by atoms with van der Waals surface area (Å²) in [4.78, 5) is 4.38. The van der Waals surface area contributed by atoms with Crippen molar-refractivity contribution in [3.8, 4) is 0 Å². The van der Waals surface area contributed by atoms with Crippen LogP contribution in [0.4, 0.5) is 0 Å². The van der Waals surface area contributed by atoms with Crippen molar-refractivity contribution in [3.63, 3.8) is 0 Å². The van der Waals surface area contributed by atoms with Gasteiger partial charge in [-0.3, -0.25) is 0 Å². The van der Waals surface area contributed by atoms with Crippen molar-refractivity contribution in [1.29, 1.82) is 0 Å². The molecule has 1 heterocycles. The molecule has 2 aliphatic carbocycles. The average Bonchev–Trinajstić information content (AvgIpc) is 3.01. The van der Waals surface area contributed by atoms with Crippen LogP contribution in [-0.2, 0) is 13.7 Å². The molecule has 2 saturated carbocycles. The highest BCUT2D eigenvalue weighted by molar-refractivity contribution is 7.99. The molecule has 17 heavy (non-hydrogen) atoms. The summed E-state index contributed by atoms with van der Waals surface area (Å²) < 4.78 is 2.01. The average molecular weight is 252 g/mol. The topological polar surface area (TPSA) is 38.0 Å². The second kappa shape index (κ2) is 4.65. The lowest BCUT2D eigenvalue weighted by molar-refractivity contribution is 0.271. The predicted octanol–water partition coefficient (Wildman–Crippen LogP) is 2.44. The molecule has 2 aliphatic rings. The van der Waals surface area contributed by atoms with Crippen LogP contribution in [0.25, 0.3) is 0 Å². The third-order valence-electron chi connectivity index (χ3n) is 4.51. The van der Waals surface area contributed by atoms with Gasteiger partial charge in [0.1, 0.15) is 0 Å². The summed E-state index contributed by atoms with van der Waals surface area (Å²) in [7, 11) is 1.99. The molecule has 0 amide bonds. The van der Waals surface area contributed by atoms with E-state index in [0.717, 1.165) is 28.6 Å². The van der Waals surface area contributed by atoms with Crippen molar-refractivity contribution in [1.82, 2.24) is 9.55 Å². The Balaban J connectivity index is 1.59. The molecular weight excluding hydrogens is 232 g/mol. The number of aliphatic hydroxyl groups excluding tert-OH is 1. The van der Waals surface area contributed by atoms with Crippen LogP contribution < -0.4 is 0 Å². The van der Waals surface area contributed by atoms with Gasteiger partial charge in [-0.2, -0.15) is 0 Å². The molecule has 3 nitrogen and oxygen atoms in total. The molecule has 2 bridgehead atoms. The van der Waals surface area contributed by atoms with Gasteiger partial charge in [0, 0.05) is 12.8 Å². The van der Waals surface area contributed by atoms with Crippen LogP contribution in [0.15, 0.2) is 11.4 Å². The first-order valence-electron chi connectivity index (χ1n) is 6.52. The second-order valence-corrected chi connectivity index (χ2v) is 6.48. The molecule has 0 saturated heterocycles. The Morgan fingerprint density at radius 3 is 2.94 bits per heavy atom. The third-order valence-corrected chi connectivity index (χ3v) is 5.75. The van der Waals surface area contributed by atoms with Crippen LogP contribution in [0, 0.1) is 17.8 Å². The van der Waals surface area contributed by atoms with Gasteiger partial charge in [0.05, 0.1) is 18.5 Å². The molecule has 1 aromatic rings. The van der Waals surface area contributed by atoms with E-state index in [2.05, 4.69) is 4.98 Å². The summed E-state index contributed by atoms with van der Waals surface area (Å²) in [5.41, 5.74) is 0.903. The van der Waals surface area contributed by atoms with Crippen LogP contribution in [0.3, 0.4) is 0 Å². The fraction of sp³-hybridized carbons (Fsp3) is 0.769. The van der Waals surface area contributed by atoms with Crippen molar-refractivity contribution >= 4 is 11.8 Å². The number of aliphatic hydroxyl groups is 1. The van der Waals surface area contributed by atoms with Crippen molar-refractivity contribution < 1.29 is 5.11 Å². The highest BCUT2D eigenvalue weighted by atomic mass is 32.2. The van der Waals surface area contributed by atoms with Crippen molar-refractivity contribution in [3.05, 3.63) is 11.9 Å². The highest BCUT2D eigenvalue weighted by Crippen LogP contribution is 2.49. The standard InChI is InChI=1S/C13H20N2OS/c1-15-12(7-16)6-14-13(15)17-8-11-5-9-2-3-10(11)4-9/h6,9-11,16H,2-5,7-8H2,1H3. The molecule has 4 heteroatoms. The van der Waals surface area contributed by atoms with Gasteiger partial charge in [-0.25, -0.2) is 4.98 Å². The first-order chi connectivity index (χ1) is 8.28. The molecule has 0 spiro atoms. The zero-order valence-corrected chi connectivity index (χ0v) is 11.1. The summed E-state index contributed by atoms with van der Waals surface area (Å²) >= 11 is 1.86. The van der Waals surface area contributed by atoms with Gasteiger partial charge in [-0.05, 0) is 37.0 Å². The maximum atomic E-state index is 9.13. The molecule has 0 aromatic carbocycles. The summed E-state index contributed by atoms with van der Waals surface area (Å²) in [5.74, 6) is 4.13. The zero-order valence-electron chi connectivity index (χ0n) is 10.3. The van der Waals surface area contributed by atoms with Crippen molar-refractivity contribution in [2.24, 2.45) is 24.8 Å². The summed E-state index contributed by atoms with van der Waals surface area (Å²) in [6, 6.07) is 0. The maximum Gasteiger partial charge on any atom is 0.167 e. The van der Waals surface area contributed by atoms with Gasteiger partial charge < -0.3 is 9.67 Å². The molecule has 2 fully saturated rings. The lowest BCUT2D eigenvalue weighted by Crippen LogP contribution is -2.13. The van der Waals surface area contributed by atoms with E-state index in [-0.39, 0.29) is 6.61 Å². The van der Waals surface area contributed by atoms with E-state index in [1.807, 2.05) is 23.4 Å². The van der Waals surface area contributed by atoms with Gasteiger partial charge in [-0.1, -0.05) is 18.2 Å². The first kappa shape index (κ1) is 11.6. The Hall–Kier alpha value is -0.480. The van der Waals surface area contributed by atoms with Crippen molar-refractivity contribution in [2.45, 2.75) is 37.4 Å². The lowest BCUT2D eigenvalue weighted by atomic mass is 9.90. The Bertz CT molecular complexity index is 404. The number of rotatable bonds is 4. The molecular formula is C13H20N2OS. The quantitative estimate of drug-likeness (QED) is 0.836. The van der Waals surface area contributed by atoms with Crippen LogP contribution in [0.1, 0.15) is 31.4 Å². The van der Waals surface area contributed by atoms with Gasteiger partial charge >= 0.3 is 0 Å². The van der Waals surface area contributed by atoms with E-state index in [9.17, 15) is 0 Å². The van der Waals surface area contributed by atoms with Crippen LogP contribution >= 0.6 is 11.8 Å². The van der Waals surface area contributed by atoms with Crippen LogP contribution in [0.2, 0.25) is 0 Å². The van der Waals surface area contributed by atoms with Gasteiger partial charge in [0.2, 0.25) is 0 Å². The number of imidazole rings is 1. The largest absolute Gasteiger partial charge is 0.390 e. The number of aromatic nitrogens is 2. The van der Waals surface area contributed by atoms with E-state index in [1.165, 1.54) is 31.4 Å². The fourth-order valence-corrected chi connectivity index (χ4v) is 4.68. The maximum absolute atomic E-state index is 9.13. The van der Waals surface area contributed by atoms with Crippen LogP contribution in [0.5, 0.6) is 0 Å². The molecule has 1 N–H and O–H groups in total. The Morgan fingerprint density at radius 2 is 2.35 bits per heavy atom. The van der Waals surface area contributed by atoms with E-state index in [4.69, 9.17) is 5.11 Å². The Kier molecular flexibility index (Phi) is 3.17. The number of thioether (sulfide) groups is 1. The van der Waals surface area contributed by atoms with Gasteiger partial charge in [0.15, 0.2) is 5.16 Å². The molecule has 3 rings (SSSR count). The van der Waals surface area contributed by atoms with E-state index >= 15 is 0 Å². The van der Waals surface area contributed by atoms with E-state index < -0.39 is 0 Å². The summed E-state index contributed by atoms with van der Waals surface area (Å²) in [5, 5.41) is 10.2. The minimum Gasteiger partial charge on any atom is -0.390 e. The van der Waals surface area contributed by atoms with Gasteiger partial charge in [-0.15, -0.1) is 0 Å². The SMILES string of the molecule is Cn1c(CO)cnc1SCC1CC2CCC1C2. The molecule has 3 atom stereocenters. The number of nitrogens with zero attached hydrogens (tertiary/aromatic N) is 2. The molecule has 1 aromatic heterocycles. The smallest absolute Gasteiger partial charge is 0.167 e. The van der Waals surface area contributed by atoms with Crippen LogP contribution in [-0.4, -0.2) is 20.4 Å². The minimum absolute atomic E-state index is 0.0815. The molecule has 0 aliphatic heterocycles. The van der Waals surface area contributed by atoms with E-state index in [1.54, 1.807) is 6.20 Å².